The molecule has 0 aromatic heterocycles. The van der Waals surface area contributed by atoms with E-state index >= 15 is 0 Å². The van der Waals surface area contributed by atoms with Crippen molar-refractivity contribution in [3.63, 3.8) is 0 Å². The van der Waals surface area contributed by atoms with E-state index < -0.39 is 5.97 Å². The lowest BCUT2D eigenvalue weighted by Gasteiger charge is -2.23. The second-order valence-corrected chi connectivity index (χ2v) is 7.06. The molecular weight excluding hydrogens is 400 g/mol. The molecule has 0 spiro atoms. The molecule has 0 bridgehead atoms. The van der Waals surface area contributed by atoms with Gasteiger partial charge in [-0.3, -0.25) is 9.59 Å². The number of rotatable bonds is 9. The lowest BCUT2D eigenvalue weighted by molar-refractivity contribution is -0.137. The maximum Gasteiger partial charge on any atom is 0.303 e. The lowest BCUT2D eigenvalue weighted by Crippen LogP contribution is -2.27. The molecule has 0 fully saturated rings. The highest BCUT2D eigenvalue weighted by atomic mass is 16.5. The number of carboxylic acids is 1. The third-order valence-corrected chi connectivity index (χ3v) is 5.16. The minimum Gasteiger partial charge on any atom is -0.497 e. The fourth-order valence-corrected chi connectivity index (χ4v) is 3.63. The number of amides is 1. The van der Waals surface area contributed by atoms with Crippen molar-refractivity contribution in [2.75, 3.05) is 21.3 Å². The normalized spacial score (nSPS) is 15.4. The number of hydrazone groups is 1. The Bertz CT molecular complexity index is 988. The summed E-state index contributed by atoms with van der Waals surface area (Å²) >= 11 is 0. The molecule has 31 heavy (non-hydrogen) atoms. The molecule has 2 aromatic carbocycles. The van der Waals surface area contributed by atoms with E-state index in [1.165, 1.54) is 5.01 Å². The molecule has 0 unspecified atom stereocenters. The molecule has 8 nitrogen and oxygen atoms in total. The highest BCUT2D eigenvalue weighted by Gasteiger charge is 2.35. The number of para-hydroxylation sites is 1. The molecular formula is C23H26N2O6. The van der Waals surface area contributed by atoms with Gasteiger partial charge in [0.25, 0.3) is 0 Å². The summed E-state index contributed by atoms with van der Waals surface area (Å²) in [7, 11) is 4.74. The summed E-state index contributed by atoms with van der Waals surface area (Å²) in [6.45, 7) is 0. The molecule has 2 aromatic rings. The van der Waals surface area contributed by atoms with E-state index in [4.69, 9.17) is 19.3 Å². The summed E-state index contributed by atoms with van der Waals surface area (Å²) in [6, 6.07) is 12.5. The Morgan fingerprint density at radius 1 is 1.03 bits per heavy atom. The number of methoxy groups -OCH3 is 3. The van der Waals surface area contributed by atoms with Crippen molar-refractivity contribution in [2.24, 2.45) is 5.10 Å². The second-order valence-electron chi connectivity index (χ2n) is 7.06. The summed E-state index contributed by atoms with van der Waals surface area (Å²) in [5.74, 6) is 0.761. The number of nitrogens with zero attached hydrogens (tertiary/aromatic N) is 2. The minimum atomic E-state index is -0.930. The van der Waals surface area contributed by atoms with Gasteiger partial charge in [-0.25, -0.2) is 5.01 Å². The number of benzene rings is 2. The highest BCUT2D eigenvalue weighted by Crippen LogP contribution is 2.39. The second kappa shape index (κ2) is 9.97. The van der Waals surface area contributed by atoms with Gasteiger partial charge in [-0.2, -0.15) is 5.10 Å². The van der Waals surface area contributed by atoms with Crippen LogP contribution in [0.4, 0.5) is 0 Å². The highest BCUT2D eigenvalue weighted by molar-refractivity contribution is 6.05. The lowest BCUT2D eigenvalue weighted by atomic mass is 9.97. The van der Waals surface area contributed by atoms with E-state index in [1.54, 1.807) is 33.5 Å². The molecule has 0 saturated carbocycles. The number of ether oxygens (including phenoxy) is 3. The monoisotopic (exact) mass is 426 g/mol. The van der Waals surface area contributed by atoms with Crippen LogP contribution in [0.3, 0.4) is 0 Å². The summed E-state index contributed by atoms with van der Waals surface area (Å²) < 4.78 is 16.4. The molecule has 3 rings (SSSR count). The standard InChI is InChI=1S/C23H26N2O6/c1-29-15-11-12-21(31-3)17(13-15)18-14-19(16-7-4-5-8-20(16)30-2)25(24-18)22(26)9-6-10-23(27)28/h4-5,7-8,11-13,19H,6,9-10,14H2,1-3H3,(H,27,28)/t19-/m0/s1. The number of aliphatic carboxylic acids is 1. The van der Waals surface area contributed by atoms with E-state index in [-0.39, 0.29) is 31.2 Å². The molecule has 1 atom stereocenters. The Kier molecular flexibility index (Phi) is 7.12. The van der Waals surface area contributed by atoms with Crippen molar-refractivity contribution in [2.45, 2.75) is 31.7 Å². The number of carboxylic acid groups (broad SMARTS) is 1. The van der Waals surface area contributed by atoms with Crippen molar-refractivity contribution in [3.8, 4) is 17.2 Å². The molecule has 1 amide bonds. The first-order chi connectivity index (χ1) is 15.0. The largest absolute Gasteiger partial charge is 0.497 e. The number of hydrogen-bond donors (Lipinski definition) is 1. The van der Waals surface area contributed by atoms with Crippen molar-refractivity contribution in [1.29, 1.82) is 0 Å². The van der Waals surface area contributed by atoms with Crippen molar-refractivity contribution in [3.05, 3.63) is 53.6 Å². The van der Waals surface area contributed by atoms with Crippen LogP contribution in [0, 0.1) is 0 Å². The Morgan fingerprint density at radius 2 is 1.77 bits per heavy atom. The van der Waals surface area contributed by atoms with Crippen molar-refractivity contribution in [1.82, 2.24) is 5.01 Å². The maximum atomic E-state index is 13.0. The quantitative estimate of drug-likeness (QED) is 0.657. The van der Waals surface area contributed by atoms with Gasteiger partial charge in [0.05, 0.1) is 33.1 Å². The minimum absolute atomic E-state index is 0.0703. The smallest absolute Gasteiger partial charge is 0.303 e. The zero-order valence-electron chi connectivity index (χ0n) is 17.8. The fourth-order valence-electron chi connectivity index (χ4n) is 3.63. The first kappa shape index (κ1) is 22.1. The van der Waals surface area contributed by atoms with Crippen LogP contribution in [-0.2, 0) is 9.59 Å². The van der Waals surface area contributed by atoms with Crippen LogP contribution in [0.5, 0.6) is 17.2 Å². The number of carbonyl (C=O) groups is 2. The first-order valence-corrected chi connectivity index (χ1v) is 9.95. The molecule has 1 heterocycles. The zero-order valence-corrected chi connectivity index (χ0v) is 17.8. The van der Waals surface area contributed by atoms with Crippen LogP contribution in [0.2, 0.25) is 0 Å². The third kappa shape index (κ3) is 4.96. The summed E-state index contributed by atoms with van der Waals surface area (Å²) in [5.41, 5.74) is 2.25. The van der Waals surface area contributed by atoms with Gasteiger partial charge in [-0.15, -0.1) is 0 Å². The number of hydrogen-bond acceptors (Lipinski definition) is 6. The van der Waals surface area contributed by atoms with E-state index in [0.717, 1.165) is 11.1 Å². The van der Waals surface area contributed by atoms with Crippen LogP contribution >= 0.6 is 0 Å². The average Bonchev–Trinajstić information content (AvgIpc) is 3.23. The Labute approximate surface area is 181 Å². The predicted molar refractivity (Wildman–Crippen MR) is 115 cm³/mol. The SMILES string of the molecule is COc1ccc(OC)c(C2=NN(C(=O)CCCC(=O)O)[C@H](c3ccccc3OC)C2)c1. The predicted octanol–water partition coefficient (Wildman–Crippen LogP) is 3.65. The molecule has 164 valence electrons. The van der Waals surface area contributed by atoms with Gasteiger partial charge in [-0.05, 0) is 30.7 Å². The van der Waals surface area contributed by atoms with Crippen LogP contribution in [0.1, 0.15) is 42.9 Å². The van der Waals surface area contributed by atoms with E-state index in [0.29, 0.717) is 29.4 Å². The summed E-state index contributed by atoms with van der Waals surface area (Å²) in [6.07, 6.45) is 0.717. The zero-order chi connectivity index (χ0) is 22.4. The summed E-state index contributed by atoms with van der Waals surface area (Å²) in [4.78, 5) is 23.8. The topological polar surface area (TPSA) is 97.7 Å². The van der Waals surface area contributed by atoms with Gasteiger partial charge >= 0.3 is 5.97 Å². The molecule has 1 aliphatic rings. The number of carbonyl (C=O) groups excluding carboxylic acids is 1. The first-order valence-electron chi connectivity index (χ1n) is 9.95. The third-order valence-electron chi connectivity index (χ3n) is 5.16. The van der Waals surface area contributed by atoms with E-state index in [2.05, 4.69) is 5.10 Å². The molecule has 8 heteroatoms. The van der Waals surface area contributed by atoms with E-state index in [9.17, 15) is 9.59 Å². The summed E-state index contributed by atoms with van der Waals surface area (Å²) in [5, 5.41) is 15.0. The molecule has 0 radical (unpaired) electrons. The molecule has 0 saturated heterocycles. The van der Waals surface area contributed by atoms with Crippen LogP contribution in [0.15, 0.2) is 47.6 Å². The van der Waals surface area contributed by atoms with E-state index in [1.807, 2.05) is 30.3 Å². The van der Waals surface area contributed by atoms with Gasteiger partial charge in [-0.1, -0.05) is 18.2 Å². The Hall–Kier alpha value is -3.55. The van der Waals surface area contributed by atoms with Crippen LogP contribution in [0.25, 0.3) is 0 Å². The van der Waals surface area contributed by atoms with Gasteiger partial charge in [0.15, 0.2) is 0 Å². The van der Waals surface area contributed by atoms with Gasteiger partial charge in [0.1, 0.15) is 17.2 Å². The average molecular weight is 426 g/mol. The van der Waals surface area contributed by atoms with Crippen LogP contribution in [-0.4, -0.2) is 49.0 Å². The van der Waals surface area contributed by atoms with Crippen molar-refractivity contribution < 1.29 is 28.9 Å². The Balaban J connectivity index is 1.99. The van der Waals surface area contributed by atoms with Gasteiger partial charge in [0, 0.05) is 30.4 Å². The van der Waals surface area contributed by atoms with Gasteiger partial charge < -0.3 is 19.3 Å². The maximum absolute atomic E-state index is 13.0. The molecule has 1 N–H and O–H groups in total. The molecule has 0 aliphatic carbocycles. The molecule has 1 aliphatic heterocycles. The fraction of sp³-hybridized carbons (Fsp3) is 0.348. The van der Waals surface area contributed by atoms with Crippen LogP contribution < -0.4 is 14.2 Å². The van der Waals surface area contributed by atoms with Gasteiger partial charge in [0.2, 0.25) is 5.91 Å². The Morgan fingerprint density at radius 3 is 2.45 bits per heavy atom. The van der Waals surface area contributed by atoms with Crippen molar-refractivity contribution >= 4 is 17.6 Å².